The van der Waals surface area contributed by atoms with Gasteiger partial charge >= 0.3 is 5.97 Å². The van der Waals surface area contributed by atoms with E-state index in [-0.39, 0.29) is 5.97 Å². The molecule has 76 valence electrons. The van der Waals surface area contributed by atoms with Gasteiger partial charge < -0.3 is 10.5 Å². The molecule has 0 aromatic heterocycles. The van der Waals surface area contributed by atoms with Crippen molar-refractivity contribution in [2.45, 2.75) is 32.6 Å². The molecule has 1 saturated carbocycles. The minimum absolute atomic E-state index is 0.0927. The fraction of sp³-hybridized carbons (Fsp3) is 0.900. The van der Waals surface area contributed by atoms with Gasteiger partial charge in [-0.1, -0.05) is 19.3 Å². The van der Waals surface area contributed by atoms with Gasteiger partial charge in [0.2, 0.25) is 0 Å². The van der Waals surface area contributed by atoms with Crippen molar-refractivity contribution in [3.8, 4) is 0 Å². The summed E-state index contributed by atoms with van der Waals surface area (Å²) in [6, 6.07) is 0. The van der Waals surface area contributed by atoms with Crippen LogP contribution in [0.5, 0.6) is 0 Å². The van der Waals surface area contributed by atoms with E-state index >= 15 is 0 Å². The van der Waals surface area contributed by atoms with Gasteiger partial charge in [-0.05, 0) is 25.3 Å². The first-order valence-electron chi connectivity index (χ1n) is 5.13. The van der Waals surface area contributed by atoms with Crippen LogP contribution in [0.15, 0.2) is 0 Å². The Morgan fingerprint density at radius 2 is 2.31 bits per heavy atom. The number of rotatable bonds is 5. The number of ether oxygens (including phenoxy) is 1. The number of carbonyl (C=O) groups excluding carboxylic acids is 1. The maximum absolute atomic E-state index is 11.2. The monoisotopic (exact) mass is 185 g/mol. The average Bonchev–Trinajstić information content (AvgIpc) is 2.00. The zero-order valence-corrected chi connectivity index (χ0v) is 8.29. The van der Waals surface area contributed by atoms with Crippen LogP contribution in [0, 0.1) is 11.8 Å². The molecule has 3 nitrogen and oxygen atoms in total. The topological polar surface area (TPSA) is 52.3 Å². The van der Waals surface area contributed by atoms with E-state index in [9.17, 15) is 4.79 Å². The Kier molecular flexibility index (Phi) is 4.22. The molecule has 1 rings (SSSR count). The maximum Gasteiger partial charge on any atom is 0.306 e. The third-order valence-electron chi connectivity index (χ3n) is 2.85. The molecule has 0 bridgehead atoms. The van der Waals surface area contributed by atoms with Crippen LogP contribution >= 0.6 is 0 Å². The molecule has 0 radical (unpaired) electrons. The van der Waals surface area contributed by atoms with Crippen molar-refractivity contribution < 1.29 is 9.53 Å². The average molecular weight is 185 g/mol. The van der Waals surface area contributed by atoms with E-state index < -0.39 is 0 Å². The van der Waals surface area contributed by atoms with Crippen LogP contribution in [0.1, 0.15) is 32.6 Å². The van der Waals surface area contributed by atoms with Gasteiger partial charge in [-0.2, -0.15) is 0 Å². The van der Waals surface area contributed by atoms with Crippen molar-refractivity contribution in [2.75, 3.05) is 13.2 Å². The summed E-state index contributed by atoms with van der Waals surface area (Å²) in [4.78, 5) is 11.2. The largest absolute Gasteiger partial charge is 0.466 e. The van der Waals surface area contributed by atoms with Gasteiger partial charge in [0.1, 0.15) is 0 Å². The molecule has 0 heterocycles. The second kappa shape index (κ2) is 5.22. The minimum Gasteiger partial charge on any atom is -0.466 e. The highest BCUT2D eigenvalue weighted by molar-refractivity contribution is 5.69. The summed E-state index contributed by atoms with van der Waals surface area (Å²) in [6.45, 7) is 2.92. The lowest BCUT2D eigenvalue weighted by Gasteiger charge is -2.32. The first-order chi connectivity index (χ1) is 6.27. The van der Waals surface area contributed by atoms with Crippen LogP contribution in [0.2, 0.25) is 0 Å². The molecule has 0 aliphatic heterocycles. The molecular weight excluding hydrogens is 166 g/mol. The van der Waals surface area contributed by atoms with Gasteiger partial charge in [-0.3, -0.25) is 4.79 Å². The highest BCUT2D eigenvalue weighted by Gasteiger charge is 2.28. The minimum atomic E-state index is -0.0927. The fourth-order valence-corrected chi connectivity index (χ4v) is 1.79. The first kappa shape index (κ1) is 10.5. The van der Waals surface area contributed by atoms with Crippen LogP contribution in [0.4, 0.5) is 0 Å². The van der Waals surface area contributed by atoms with Crippen molar-refractivity contribution >= 4 is 5.97 Å². The Bertz CT molecular complexity index is 166. The normalized spacial score (nSPS) is 19.2. The van der Waals surface area contributed by atoms with Gasteiger partial charge in [-0.25, -0.2) is 0 Å². The molecule has 1 aliphatic carbocycles. The van der Waals surface area contributed by atoms with Crippen LogP contribution in [-0.4, -0.2) is 19.1 Å². The van der Waals surface area contributed by atoms with E-state index in [2.05, 4.69) is 0 Å². The highest BCUT2D eigenvalue weighted by atomic mass is 16.5. The Balaban J connectivity index is 2.25. The van der Waals surface area contributed by atoms with Crippen LogP contribution < -0.4 is 5.73 Å². The molecule has 1 atom stereocenters. The van der Waals surface area contributed by atoms with Crippen molar-refractivity contribution in [1.29, 1.82) is 0 Å². The SMILES string of the molecule is CCOC(=O)CC(CN)C1CCC1. The summed E-state index contributed by atoms with van der Waals surface area (Å²) in [6.07, 6.45) is 4.28. The van der Waals surface area contributed by atoms with Gasteiger partial charge in [0, 0.05) is 6.42 Å². The Labute approximate surface area is 79.6 Å². The molecule has 2 N–H and O–H groups in total. The van der Waals surface area contributed by atoms with E-state index in [1.165, 1.54) is 19.3 Å². The van der Waals surface area contributed by atoms with Crippen molar-refractivity contribution in [3.05, 3.63) is 0 Å². The smallest absolute Gasteiger partial charge is 0.306 e. The Morgan fingerprint density at radius 1 is 1.62 bits per heavy atom. The predicted molar refractivity (Wildman–Crippen MR) is 51.1 cm³/mol. The van der Waals surface area contributed by atoms with Gasteiger partial charge in [0.15, 0.2) is 0 Å². The molecule has 1 fully saturated rings. The fourth-order valence-electron chi connectivity index (χ4n) is 1.79. The third kappa shape index (κ3) is 2.99. The summed E-state index contributed by atoms with van der Waals surface area (Å²) in [5.74, 6) is 0.937. The Hall–Kier alpha value is -0.570. The highest BCUT2D eigenvalue weighted by Crippen LogP contribution is 2.34. The van der Waals surface area contributed by atoms with E-state index in [0.29, 0.717) is 31.4 Å². The van der Waals surface area contributed by atoms with E-state index in [1.54, 1.807) is 0 Å². The summed E-state index contributed by atoms with van der Waals surface area (Å²) >= 11 is 0. The molecule has 0 spiro atoms. The molecular formula is C10H19NO2. The van der Waals surface area contributed by atoms with Crippen LogP contribution in [0.25, 0.3) is 0 Å². The number of hydrogen-bond donors (Lipinski definition) is 1. The first-order valence-corrected chi connectivity index (χ1v) is 5.13. The van der Waals surface area contributed by atoms with E-state index in [4.69, 9.17) is 10.5 Å². The lowest BCUT2D eigenvalue weighted by atomic mass is 9.74. The van der Waals surface area contributed by atoms with Crippen molar-refractivity contribution in [3.63, 3.8) is 0 Å². The van der Waals surface area contributed by atoms with Crippen molar-refractivity contribution in [1.82, 2.24) is 0 Å². The van der Waals surface area contributed by atoms with Gasteiger partial charge in [-0.15, -0.1) is 0 Å². The summed E-state index contributed by atoms with van der Waals surface area (Å²) in [5.41, 5.74) is 5.62. The quantitative estimate of drug-likeness (QED) is 0.657. The number of nitrogens with two attached hydrogens (primary N) is 1. The molecule has 0 saturated heterocycles. The van der Waals surface area contributed by atoms with Crippen LogP contribution in [-0.2, 0) is 9.53 Å². The third-order valence-corrected chi connectivity index (χ3v) is 2.85. The zero-order valence-electron chi connectivity index (χ0n) is 8.29. The predicted octanol–water partition coefficient (Wildman–Crippen LogP) is 1.31. The molecule has 13 heavy (non-hydrogen) atoms. The second-order valence-electron chi connectivity index (χ2n) is 3.70. The standard InChI is InChI=1S/C10H19NO2/c1-2-13-10(12)6-9(7-11)8-4-3-5-8/h8-9H,2-7,11H2,1H3. The molecule has 1 unspecified atom stereocenters. The number of esters is 1. The lowest BCUT2D eigenvalue weighted by Crippen LogP contribution is -2.30. The summed E-state index contributed by atoms with van der Waals surface area (Å²) in [5, 5.41) is 0. The summed E-state index contributed by atoms with van der Waals surface area (Å²) < 4.78 is 4.90. The van der Waals surface area contributed by atoms with Gasteiger partial charge in [0.05, 0.1) is 6.61 Å². The van der Waals surface area contributed by atoms with Gasteiger partial charge in [0.25, 0.3) is 0 Å². The van der Waals surface area contributed by atoms with E-state index in [1.807, 2.05) is 6.92 Å². The molecule has 1 aliphatic rings. The maximum atomic E-state index is 11.2. The molecule has 3 heteroatoms. The number of carbonyl (C=O) groups is 1. The zero-order chi connectivity index (χ0) is 9.68. The van der Waals surface area contributed by atoms with E-state index in [0.717, 1.165) is 0 Å². The Morgan fingerprint density at radius 3 is 2.69 bits per heavy atom. The van der Waals surface area contributed by atoms with Crippen molar-refractivity contribution in [2.24, 2.45) is 17.6 Å². The van der Waals surface area contributed by atoms with Crippen LogP contribution in [0.3, 0.4) is 0 Å². The molecule has 0 amide bonds. The molecule has 0 aromatic rings. The molecule has 0 aromatic carbocycles. The lowest BCUT2D eigenvalue weighted by molar-refractivity contribution is -0.144. The second-order valence-corrected chi connectivity index (χ2v) is 3.70. The summed E-state index contributed by atoms with van der Waals surface area (Å²) in [7, 11) is 0. The number of hydrogen-bond acceptors (Lipinski definition) is 3.